The van der Waals surface area contributed by atoms with Gasteiger partial charge in [0.25, 0.3) is 0 Å². The Morgan fingerprint density at radius 3 is 2.65 bits per heavy atom. The summed E-state index contributed by atoms with van der Waals surface area (Å²) in [6.45, 7) is 4.86. The molecule has 9 nitrogen and oxygen atoms in total. The molecular weight excluding hydrogens is 398 g/mol. The minimum Gasteiger partial charge on any atom is -0.474 e. The molecule has 2 aromatic heterocycles. The van der Waals surface area contributed by atoms with E-state index in [1.54, 1.807) is 17.2 Å². The Labute approximate surface area is 180 Å². The van der Waals surface area contributed by atoms with Crippen LogP contribution in [0.25, 0.3) is 0 Å². The van der Waals surface area contributed by atoms with Gasteiger partial charge >= 0.3 is 6.09 Å². The molecule has 1 aromatic carbocycles. The Hall–Kier alpha value is -3.62. The second kappa shape index (κ2) is 9.46. The first kappa shape index (κ1) is 20.6. The van der Waals surface area contributed by atoms with Gasteiger partial charge in [-0.25, -0.2) is 19.7 Å². The molecule has 31 heavy (non-hydrogen) atoms. The van der Waals surface area contributed by atoms with E-state index in [9.17, 15) is 4.79 Å². The zero-order valence-corrected chi connectivity index (χ0v) is 17.5. The summed E-state index contributed by atoms with van der Waals surface area (Å²) in [5, 5.41) is 0. The van der Waals surface area contributed by atoms with Crippen molar-refractivity contribution in [2.24, 2.45) is 0 Å². The predicted octanol–water partition coefficient (Wildman–Crippen LogP) is 4.32. The molecule has 0 unspecified atom stereocenters. The number of anilines is 3. The predicted molar refractivity (Wildman–Crippen MR) is 114 cm³/mol. The maximum absolute atomic E-state index is 12.1. The van der Waals surface area contributed by atoms with Crippen molar-refractivity contribution in [2.45, 2.75) is 38.9 Å². The quantitative estimate of drug-likeness (QED) is 0.579. The van der Waals surface area contributed by atoms with Crippen molar-refractivity contribution >= 4 is 23.5 Å². The fourth-order valence-electron chi connectivity index (χ4n) is 3.39. The highest BCUT2D eigenvalue weighted by molar-refractivity contribution is 5.70. The van der Waals surface area contributed by atoms with Crippen LogP contribution in [-0.2, 0) is 4.74 Å². The number of hydrogen-bond donors (Lipinski definition) is 0. The molecule has 1 aliphatic rings. The average Bonchev–Trinajstić information content (AvgIpc) is 3.29. The number of para-hydroxylation sites is 1. The normalized spacial score (nSPS) is 14.5. The summed E-state index contributed by atoms with van der Waals surface area (Å²) in [4.78, 5) is 28.3. The molecule has 9 heteroatoms. The van der Waals surface area contributed by atoms with E-state index in [-0.39, 0.29) is 18.3 Å². The molecule has 1 amide bonds. The molecule has 3 aromatic rings. The molecule has 1 saturated heterocycles. The number of likely N-dealkylation sites (tertiary alicyclic amines) is 1. The highest BCUT2D eigenvalue weighted by atomic mass is 16.6. The number of ether oxygens (including phenoxy) is 2. The smallest absolute Gasteiger partial charge is 0.410 e. The van der Waals surface area contributed by atoms with Gasteiger partial charge in [-0.1, -0.05) is 18.2 Å². The minimum absolute atomic E-state index is 0.0405. The zero-order chi connectivity index (χ0) is 21.6. The summed E-state index contributed by atoms with van der Waals surface area (Å²) in [7, 11) is 0. The van der Waals surface area contributed by atoms with Crippen LogP contribution in [-0.4, -0.2) is 51.2 Å². The standard InChI is InChI=1S/C22H25N5O4/c1-16(2)30-22(28)26-10-8-18(9-11-26)31-20-12-19(24-14-25-20)27(21-13-23-15-29-21)17-6-4-3-5-7-17/h3-7,12-16,18H,8-11H2,1-2H3. The van der Waals surface area contributed by atoms with Crippen molar-refractivity contribution in [1.29, 1.82) is 0 Å². The number of nitrogens with zero attached hydrogens (tertiary/aromatic N) is 5. The Morgan fingerprint density at radius 1 is 1.19 bits per heavy atom. The number of hydrogen-bond acceptors (Lipinski definition) is 8. The van der Waals surface area contributed by atoms with Crippen molar-refractivity contribution < 1.29 is 18.7 Å². The van der Waals surface area contributed by atoms with Crippen LogP contribution in [0, 0.1) is 0 Å². The molecule has 0 radical (unpaired) electrons. The topological polar surface area (TPSA) is 93.8 Å². The second-order valence-corrected chi connectivity index (χ2v) is 7.46. The molecule has 162 valence electrons. The van der Waals surface area contributed by atoms with Gasteiger partial charge in [-0.3, -0.25) is 4.90 Å². The summed E-state index contributed by atoms with van der Waals surface area (Å²) >= 11 is 0. The van der Waals surface area contributed by atoms with Crippen molar-refractivity contribution in [3.05, 3.63) is 55.3 Å². The summed E-state index contributed by atoms with van der Waals surface area (Å²) in [6, 6.07) is 11.5. The molecular formula is C22H25N5O4. The first-order chi connectivity index (χ1) is 15.1. The number of oxazole rings is 1. The molecule has 0 bridgehead atoms. The van der Waals surface area contributed by atoms with E-state index in [4.69, 9.17) is 13.9 Å². The first-order valence-electron chi connectivity index (χ1n) is 10.3. The molecule has 0 atom stereocenters. The summed E-state index contributed by atoms with van der Waals surface area (Å²) in [5.74, 6) is 1.60. The van der Waals surface area contributed by atoms with Crippen LogP contribution in [0.3, 0.4) is 0 Å². The Bertz CT molecular complexity index is 973. The van der Waals surface area contributed by atoms with Crippen LogP contribution in [0.5, 0.6) is 5.88 Å². The van der Waals surface area contributed by atoms with Gasteiger partial charge in [-0.05, 0) is 26.0 Å². The summed E-state index contributed by atoms with van der Waals surface area (Å²) < 4.78 is 16.9. The van der Waals surface area contributed by atoms with E-state index in [1.165, 1.54) is 12.7 Å². The molecule has 0 aliphatic carbocycles. The van der Waals surface area contributed by atoms with E-state index in [2.05, 4.69) is 15.0 Å². The molecule has 0 N–H and O–H groups in total. The fraction of sp³-hybridized carbons (Fsp3) is 0.364. The monoisotopic (exact) mass is 423 g/mol. The number of amides is 1. The molecule has 0 spiro atoms. The van der Waals surface area contributed by atoms with Gasteiger partial charge in [0, 0.05) is 32.0 Å². The molecule has 0 saturated carbocycles. The number of piperidine rings is 1. The zero-order valence-electron chi connectivity index (χ0n) is 17.5. The molecule has 3 heterocycles. The summed E-state index contributed by atoms with van der Waals surface area (Å²) in [6.07, 6.45) is 5.44. The van der Waals surface area contributed by atoms with Gasteiger partial charge in [0.15, 0.2) is 6.39 Å². The maximum atomic E-state index is 12.1. The largest absolute Gasteiger partial charge is 0.474 e. The highest BCUT2D eigenvalue weighted by Crippen LogP contribution is 2.33. The Morgan fingerprint density at radius 2 is 1.97 bits per heavy atom. The average molecular weight is 423 g/mol. The van der Waals surface area contributed by atoms with Crippen molar-refractivity contribution in [1.82, 2.24) is 19.9 Å². The SMILES string of the molecule is CC(C)OC(=O)N1CCC(Oc2cc(N(c3ccccc3)c3cnco3)ncn2)CC1. The number of carbonyl (C=O) groups is 1. The lowest BCUT2D eigenvalue weighted by Crippen LogP contribution is -2.42. The van der Waals surface area contributed by atoms with Crippen molar-refractivity contribution in [3.8, 4) is 5.88 Å². The van der Waals surface area contributed by atoms with Crippen LogP contribution >= 0.6 is 0 Å². The minimum atomic E-state index is -0.275. The fourth-order valence-corrected chi connectivity index (χ4v) is 3.39. The van der Waals surface area contributed by atoms with Gasteiger partial charge in [-0.2, -0.15) is 0 Å². The van der Waals surface area contributed by atoms with Crippen molar-refractivity contribution in [2.75, 3.05) is 18.0 Å². The molecule has 1 fully saturated rings. The lowest BCUT2D eigenvalue weighted by Gasteiger charge is -2.31. The Balaban J connectivity index is 1.46. The van der Waals surface area contributed by atoms with Gasteiger partial charge in [0.2, 0.25) is 11.8 Å². The number of aromatic nitrogens is 3. The third-order valence-corrected chi connectivity index (χ3v) is 4.83. The van der Waals surface area contributed by atoms with Gasteiger partial charge in [0.05, 0.1) is 18.0 Å². The third-order valence-electron chi connectivity index (χ3n) is 4.83. The molecule has 4 rings (SSSR count). The third kappa shape index (κ3) is 5.11. The van der Waals surface area contributed by atoms with Gasteiger partial charge in [0.1, 0.15) is 18.2 Å². The van der Waals surface area contributed by atoms with E-state index in [1.807, 2.05) is 49.1 Å². The summed E-state index contributed by atoms with van der Waals surface area (Å²) in [5.41, 5.74) is 0.876. The van der Waals surface area contributed by atoms with E-state index < -0.39 is 0 Å². The second-order valence-electron chi connectivity index (χ2n) is 7.46. The maximum Gasteiger partial charge on any atom is 0.410 e. The molecule has 1 aliphatic heterocycles. The van der Waals surface area contributed by atoms with E-state index in [0.29, 0.717) is 43.5 Å². The number of benzene rings is 1. The van der Waals surface area contributed by atoms with Crippen LogP contribution in [0.1, 0.15) is 26.7 Å². The van der Waals surface area contributed by atoms with Crippen LogP contribution in [0.4, 0.5) is 22.2 Å². The van der Waals surface area contributed by atoms with Crippen LogP contribution < -0.4 is 9.64 Å². The van der Waals surface area contributed by atoms with Crippen LogP contribution in [0.2, 0.25) is 0 Å². The van der Waals surface area contributed by atoms with Crippen LogP contribution in [0.15, 0.2) is 59.7 Å². The lowest BCUT2D eigenvalue weighted by molar-refractivity contribution is 0.0507. The number of rotatable bonds is 6. The highest BCUT2D eigenvalue weighted by Gasteiger charge is 2.26. The van der Waals surface area contributed by atoms with E-state index in [0.717, 1.165) is 5.69 Å². The van der Waals surface area contributed by atoms with Gasteiger partial charge in [-0.15, -0.1) is 0 Å². The number of carbonyl (C=O) groups excluding carboxylic acids is 1. The lowest BCUT2D eigenvalue weighted by atomic mass is 10.1. The van der Waals surface area contributed by atoms with Crippen molar-refractivity contribution in [3.63, 3.8) is 0 Å². The Kier molecular flexibility index (Phi) is 6.30. The van der Waals surface area contributed by atoms with E-state index >= 15 is 0 Å². The van der Waals surface area contributed by atoms with Gasteiger partial charge < -0.3 is 18.8 Å². The first-order valence-corrected chi connectivity index (χ1v) is 10.3.